The Morgan fingerprint density at radius 2 is 2.00 bits per heavy atom. The van der Waals surface area contributed by atoms with E-state index < -0.39 is 0 Å². The lowest BCUT2D eigenvalue weighted by Crippen LogP contribution is -2.57. The van der Waals surface area contributed by atoms with Crippen molar-refractivity contribution < 1.29 is 9.90 Å². The standard InChI is InChI=1S/C17H32N2O2/c1-13-7-16(2,3)11-17(8-13,12-20)18-9-15(21)19(4)10-14-5-6-14/h13-14,18,20H,5-12H2,1-4H3. The van der Waals surface area contributed by atoms with Crippen LogP contribution in [0.25, 0.3) is 0 Å². The molecule has 122 valence electrons. The van der Waals surface area contributed by atoms with Crippen LogP contribution >= 0.6 is 0 Å². The van der Waals surface area contributed by atoms with Crippen molar-refractivity contribution >= 4 is 5.91 Å². The minimum atomic E-state index is -0.294. The summed E-state index contributed by atoms with van der Waals surface area (Å²) in [6.45, 7) is 8.10. The molecule has 4 heteroatoms. The highest BCUT2D eigenvalue weighted by Gasteiger charge is 2.42. The molecule has 21 heavy (non-hydrogen) atoms. The van der Waals surface area contributed by atoms with Crippen LogP contribution in [0.3, 0.4) is 0 Å². The number of rotatable bonds is 6. The molecule has 4 nitrogen and oxygen atoms in total. The number of hydrogen-bond acceptors (Lipinski definition) is 3. The Balaban J connectivity index is 1.89. The normalized spacial score (nSPS) is 32.0. The summed E-state index contributed by atoms with van der Waals surface area (Å²) < 4.78 is 0. The molecule has 2 fully saturated rings. The summed E-state index contributed by atoms with van der Waals surface area (Å²) in [5.41, 5.74) is -0.0758. The molecule has 0 heterocycles. The van der Waals surface area contributed by atoms with Crippen molar-refractivity contribution in [3.63, 3.8) is 0 Å². The highest BCUT2D eigenvalue weighted by Crippen LogP contribution is 2.43. The maximum atomic E-state index is 12.2. The van der Waals surface area contributed by atoms with Gasteiger partial charge in [-0.2, -0.15) is 0 Å². The van der Waals surface area contributed by atoms with E-state index in [1.165, 1.54) is 19.3 Å². The summed E-state index contributed by atoms with van der Waals surface area (Å²) in [7, 11) is 1.89. The molecule has 2 aliphatic rings. The number of aliphatic hydroxyl groups is 1. The van der Waals surface area contributed by atoms with E-state index in [1.807, 2.05) is 11.9 Å². The molecule has 0 radical (unpaired) electrons. The maximum absolute atomic E-state index is 12.2. The van der Waals surface area contributed by atoms with Gasteiger partial charge in [-0.1, -0.05) is 20.8 Å². The Morgan fingerprint density at radius 3 is 2.52 bits per heavy atom. The highest BCUT2D eigenvalue weighted by molar-refractivity contribution is 5.78. The number of nitrogens with zero attached hydrogens (tertiary/aromatic N) is 1. The molecule has 2 unspecified atom stereocenters. The van der Waals surface area contributed by atoms with E-state index in [2.05, 4.69) is 26.1 Å². The largest absolute Gasteiger partial charge is 0.394 e. The van der Waals surface area contributed by atoms with Gasteiger partial charge in [0.15, 0.2) is 0 Å². The molecular formula is C17H32N2O2. The average Bonchev–Trinajstić information content (AvgIpc) is 3.17. The molecule has 2 atom stereocenters. The maximum Gasteiger partial charge on any atom is 0.236 e. The van der Waals surface area contributed by atoms with E-state index in [4.69, 9.17) is 0 Å². The van der Waals surface area contributed by atoms with Gasteiger partial charge >= 0.3 is 0 Å². The van der Waals surface area contributed by atoms with Gasteiger partial charge in [0.05, 0.1) is 13.2 Å². The SMILES string of the molecule is CC1CC(C)(C)CC(CO)(NCC(=O)N(C)CC2CC2)C1. The topological polar surface area (TPSA) is 52.6 Å². The molecule has 1 amide bonds. The third-order valence-electron chi connectivity index (χ3n) is 5.03. The van der Waals surface area contributed by atoms with Crippen molar-refractivity contribution in [2.45, 2.75) is 58.4 Å². The first kappa shape index (κ1) is 16.8. The fourth-order valence-electron chi connectivity index (χ4n) is 4.24. The Morgan fingerprint density at radius 1 is 1.33 bits per heavy atom. The highest BCUT2D eigenvalue weighted by atomic mass is 16.3. The molecule has 2 N–H and O–H groups in total. The van der Waals surface area contributed by atoms with Gasteiger partial charge in [-0.15, -0.1) is 0 Å². The van der Waals surface area contributed by atoms with E-state index in [0.29, 0.717) is 12.5 Å². The van der Waals surface area contributed by atoms with Gasteiger partial charge in [0.1, 0.15) is 0 Å². The van der Waals surface area contributed by atoms with E-state index in [9.17, 15) is 9.90 Å². The molecule has 0 aromatic heterocycles. The van der Waals surface area contributed by atoms with Crippen LogP contribution in [0.1, 0.15) is 52.9 Å². The Hall–Kier alpha value is -0.610. The van der Waals surface area contributed by atoms with Crippen LogP contribution in [-0.4, -0.2) is 48.2 Å². The van der Waals surface area contributed by atoms with E-state index in [0.717, 1.165) is 25.3 Å². The lowest BCUT2D eigenvalue weighted by molar-refractivity contribution is -0.130. The Kier molecular flexibility index (Phi) is 4.99. The number of carbonyl (C=O) groups is 1. The van der Waals surface area contributed by atoms with Crippen LogP contribution in [0.2, 0.25) is 0 Å². The first-order chi connectivity index (χ1) is 9.75. The number of nitrogens with one attached hydrogen (secondary N) is 1. The van der Waals surface area contributed by atoms with Gasteiger partial charge < -0.3 is 15.3 Å². The van der Waals surface area contributed by atoms with E-state index in [-0.39, 0.29) is 23.5 Å². The predicted octanol–water partition coefficient (Wildman–Crippen LogP) is 2.02. The fourth-order valence-corrected chi connectivity index (χ4v) is 4.24. The second kappa shape index (κ2) is 6.25. The van der Waals surface area contributed by atoms with Crippen LogP contribution in [0.4, 0.5) is 0 Å². The number of carbonyl (C=O) groups excluding carboxylic acids is 1. The minimum absolute atomic E-state index is 0.111. The fraction of sp³-hybridized carbons (Fsp3) is 0.941. The lowest BCUT2D eigenvalue weighted by atomic mass is 9.64. The van der Waals surface area contributed by atoms with Crippen LogP contribution < -0.4 is 5.32 Å². The molecule has 0 bridgehead atoms. The molecule has 0 aromatic carbocycles. The van der Waals surface area contributed by atoms with Gasteiger partial charge in [-0.3, -0.25) is 4.79 Å². The van der Waals surface area contributed by atoms with E-state index >= 15 is 0 Å². The first-order valence-electron chi connectivity index (χ1n) is 8.35. The zero-order valence-corrected chi connectivity index (χ0v) is 14.1. The third-order valence-corrected chi connectivity index (χ3v) is 5.03. The molecule has 0 aliphatic heterocycles. The third kappa shape index (κ3) is 4.68. The first-order valence-corrected chi connectivity index (χ1v) is 8.35. The summed E-state index contributed by atoms with van der Waals surface area (Å²) >= 11 is 0. The van der Waals surface area contributed by atoms with Crippen LogP contribution in [0.15, 0.2) is 0 Å². The van der Waals surface area contributed by atoms with Crippen LogP contribution in [-0.2, 0) is 4.79 Å². The monoisotopic (exact) mass is 296 g/mol. The van der Waals surface area contributed by atoms with Crippen molar-refractivity contribution in [2.24, 2.45) is 17.3 Å². The molecule has 0 spiro atoms. The van der Waals surface area contributed by atoms with Crippen LogP contribution in [0.5, 0.6) is 0 Å². The quantitative estimate of drug-likeness (QED) is 0.788. The Bertz CT molecular complexity index is 379. The minimum Gasteiger partial charge on any atom is -0.394 e. The van der Waals surface area contributed by atoms with Crippen molar-refractivity contribution in [1.82, 2.24) is 10.2 Å². The van der Waals surface area contributed by atoms with Crippen LogP contribution in [0, 0.1) is 17.3 Å². The number of hydrogen-bond donors (Lipinski definition) is 2. The lowest BCUT2D eigenvalue weighted by Gasteiger charge is -2.47. The molecule has 0 aromatic rings. The summed E-state index contributed by atoms with van der Waals surface area (Å²) in [5, 5.41) is 13.3. The molecule has 2 aliphatic carbocycles. The second-order valence-corrected chi connectivity index (χ2v) is 8.36. The predicted molar refractivity (Wildman–Crippen MR) is 85.0 cm³/mol. The van der Waals surface area contributed by atoms with Gasteiger partial charge in [-0.05, 0) is 49.4 Å². The number of aliphatic hydroxyl groups excluding tert-OH is 1. The molecule has 0 saturated heterocycles. The summed E-state index contributed by atoms with van der Waals surface area (Å²) in [6.07, 6.45) is 5.59. The zero-order chi connectivity index (χ0) is 15.7. The number of likely N-dealkylation sites (N-methyl/N-ethyl adjacent to an activating group) is 1. The summed E-state index contributed by atoms with van der Waals surface area (Å²) in [6, 6.07) is 0. The Labute approximate surface area is 129 Å². The molecular weight excluding hydrogens is 264 g/mol. The van der Waals surface area contributed by atoms with E-state index in [1.54, 1.807) is 0 Å². The average molecular weight is 296 g/mol. The van der Waals surface area contributed by atoms with Crippen molar-refractivity contribution in [1.29, 1.82) is 0 Å². The van der Waals surface area contributed by atoms with Gasteiger partial charge in [-0.25, -0.2) is 0 Å². The van der Waals surface area contributed by atoms with Gasteiger partial charge in [0.25, 0.3) is 0 Å². The molecule has 2 saturated carbocycles. The van der Waals surface area contributed by atoms with Crippen molar-refractivity contribution in [2.75, 3.05) is 26.7 Å². The number of amides is 1. The van der Waals surface area contributed by atoms with Gasteiger partial charge in [0, 0.05) is 19.1 Å². The van der Waals surface area contributed by atoms with Gasteiger partial charge in [0.2, 0.25) is 5.91 Å². The van der Waals surface area contributed by atoms with Crippen molar-refractivity contribution in [3.8, 4) is 0 Å². The second-order valence-electron chi connectivity index (χ2n) is 8.36. The summed E-state index contributed by atoms with van der Waals surface area (Å²) in [5.74, 6) is 1.44. The smallest absolute Gasteiger partial charge is 0.236 e. The molecule has 2 rings (SSSR count). The van der Waals surface area contributed by atoms with Crippen molar-refractivity contribution in [3.05, 3.63) is 0 Å². The zero-order valence-electron chi connectivity index (χ0n) is 14.1. The summed E-state index contributed by atoms with van der Waals surface area (Å²) in [4.78, 5) is 14.1.